The van der Waals surface area contributed by atoms with Crippen LogP contribution in [0.5, 0.6) is 0 Å². The van der Waals surface area contributed by atoms with Crippen molar-refractivity contribution in [3.8, 4) is 0 Å². The van der Waals surface area contributed by atoms with Crippen LogP contribution in [0, 0.1) is 0 Å². The van der Waals surface area contributed by atoms with E-state index >= 15 is 0 Å². The molecule has 1 unspecified atom stereocenters. The maximum atomic E-state index is 9.45. The van der Waals surface area contributed by atoms with Gasteiger partial charge in [-0.25, -0.2) is 0 Å². The molecule has 0 aliphatic carbocycles. The molecule has 1 atom stereocenters. The molecule has 0 aromatic heterocycles. The largest absolute Gasteiger partial charge is 1.00 e. The average Bonchev–Trinajstić information content (AvgIpc) is 1.35. The van der Waals surface area contributed by atoms with Crippen molar-refractivity contribution >= 4 is 19.2 Å². The van der Waals surface area contributed by atoms with Crippen LogP contribution in [-0.4, -0.2) is 10.5 Å². The first-order valence-corrected chi connectivity index (χ1v) is 3.45. The topological polar surface area (TPSA) is 60.4 Å². The predicted octanol–water partition coefficient (Wildman–Crippen LogP) is -3.27. The van der Waals surface area contributed by atoms with Gasteiger partial charge < -0.3 is 14.4 Å². The van der Waals surface area contributed by atoms with Crippen LogP contribution in [0.3, 0.4) is 0 Å². The monoisotopic (exact) mass is 152 g/mol. The number of hydrogen-bond donors (Lipinski definition) is 1. The third-order valence-electron chi connectivity index (χ3n) is 0.151. The van der Waals surface area contributed by atoms with Gasteiger partial charge in [0.05, 0.1) is 5.62 Å². The molecule has 0 saturated heterocycles. The number of rotatable bonds is 1. The van der Waals surface area contributed by atoms with Gasteiger partial charge in [0, 0.05) is 0 Å². The molecule has 0 rings (SSSR count). The molecule has 0 aromatic rings. The van der Waals surface area contributed by atoms with Crippen molar-refractivity contribution in [3.63, 3.8) is 0 Å². The molecular formula is CH3ClNaO3P. The second-order valence-corrected chi connectivity index (χ2v) is 2.99. The van der Waals surface area contributed by atoms with Gasteiger partial charge in [-0.3, -0.25) is 0 Å². The first-order chi connectivity index (χ1) is 2.56. The third-order valence-corrected chi connectivity index (χ3v) is 1.36. The van der Waals surface area contributed by atoms with Gasteiger partial charge in [-0.05, 0) is 0 Å². The number of alkyl halides is 1. The van der Waals surface area contributed by atoms with Gasteiger partial charge >= 0.3 is 29.6 Å². The summed E-state index contributed by atoms with van der Waals surface area (Å²) in [4.78, 5) is 17.1. The normalized spacial score (nSPS) is 17.0. The molecule has 7 heavy (non-hydrogen) atoms. The molecule has 0 aliphatic rings. The smallest absolute Gasteiger partial charge is 0.778 e. The Balaban J connectivity index is 0. The Morgan fingerprint density at radius 1 is 1.86 bits per heavy atom. The zero-order valence-electron chi connectivity index (χ0n) is 3.80. The fraction of sp³-hybridized carbons (Fsp3) is 1.00. The Kier molecular flexibility index (Phi) is 6.97. The Hall–Kier alpha value is 1.44. The minimum atomic E-state index is -4.13. The van der Waals surface area contributed by atoms with E-state index in [4.69, 9.17) is 4.89 Å². The summed E-state index contributed by atoms with van der Waals surface area (Å²) in [6.07, 6.45) is 0. The zero-order valence-corrected chi connectivity index (χ0v) is 7.45. The van der Waals surface area contributed by atoms with E-state index in [1.807, 2.05) is 0 Å². The van der Waals surface area contributed by atoms with E-state index < -0.39 is 13.2 Å². The molecule has 0 aliphatic heterocycles. The van der Waals surface area contributed by atoms with E-state index in [-0.39, 0.29) is 29.6 Å². The van der Waals surface area contributed by atoms with Crippen LogP contribution in [0.4, 0.5) is 0 Å². The van der Waals surface area contributed by atoms with E-state index in [1.54, 1.807) is 0 Å². The summed E-state index contributed by atoms with van der Waals surface area (Å²) in [5.41, 5.74) is -0.701. The molecule has 0 radical (unpaired) electrons. The van der Waals surface area contributed by atoms with Crippen molar-refractivity contribution in [3.05, 3.63) is 0 Å². The molecule has 6 heteroatoms. The van der Waals surface area contributed by atoms with Crippen LogP contribution in [0.15, 0.2) is 0 Å². The van der Waals surface area contributed by atoms with Gasteiger partial charge in [0.25, 0.3) is 0 Å². The van der Waals surface area contributed by atoms with Gasteiger partial charge in [-0.2, -0.15) is 0 Å². The van der Waals surface area contributed by atoms with E-state index in [9.17, 15) is 9.46 Å². The molecule has 3 nitrogen and oxygen atoms in total. The van der Waals surface area contributed by atoms with E-state index in [0.29, 0.717) is 0 Å². The van der Waals surface area contributed by atoms with Crippen molar-refractivity contribution in [1.82, 2.24) is 0 Å². The summed E-state index contributed by atoms with van der Waals surface area (Å²) in [6, 6.07) is 0. The first-order valence-electron chi connectivity index (χ1n) is 1.15. The molecular weight excluding hydrogens is 149 g/mol. The standard InChI is InChI=1S/CH4ClO3P.Na/c2-1-6(3,4)5;/h1H2,(H2,3,4,5);/q;+1/p-1. The van der Waals surface area contributed by atoms with Crippen molar-refractivity contribution in [2.24, 2.45) is 0 Å². The Labute approximate surface area is 68.5 Å². The molecule has 1 N–H and O–H groups in total. The minimum absolute atomic E-state index is 0. The summed E-state index contributed by atoms with van der Waals surface area (Å²) < 4.78 is 9.45. The summed E-state index contributed by atoms with van der Waals surface area (Å²) in [7, 11) is -4.13. The summed E-state index contributed by atoms with van der Waals surface area (Å²) in [6.45, 7) is 0. The minimum Gasteiger partial charge on any atom is -0.778 e. The van der Waals surface area contributed by atoms with E-state index in [2.05, 4.69) is 11.6 Å². The summed E-state index contributed by atoms with van der Waals surface area (Å²) >= 11 is 4.65. The molecule has 0 saturated carbocycles. The zero-order chi connectivity index (χ0) is 5.21. The van der Waals surface area contributed by atoms with Crippen LogP contribution >= 0.6 is 19.2 Å². The molecule has 0 fully saturated rings. The second-order valence-electron chi connectivity index (χ2n) is 0.757. The van der Waals surface area contributed by atoms with Gasteiger partial charge in [0.15, 0.2) is 0 Å². The van der Waals surface area contributed by atoms with Gasteiger partial charge in [0.2, 0.25) is 0 Å². The van der Waals surface area contributed by atoms with E-state index in [1.165, 1.54) is 0 Å². The maximum absolute atomic E-state index is 9.45. The maximum Gasteiger partial charge on any atom is 1.00 e. The van der Waals surface area contributed by atoms with Crippen molar-refractivity contribution < 1.29 is 43.9 Å². The SMILES string of the molecule is O=P([O-])(O)CCl.[Na+]. The molecule has 0 spiro atoms. The fourth-order valence-corrected chi connectivity index (χ4v) is 0. The van der Waals surface area contributed by atoms with Crippen LogP contribution < -0.4 is 34.5 Å². The number of halogens is 1. The molecule has 0 bridgehead atoms. The van der Waals surface area contributed by atoms with Gasteiger partial charge in [-0.15, -0.1) is 11.6 Å². The third kappa shape index (κ3) is 11.2. The first kappa shape index (κ1) is 11.3. The fourth-order valence-electron chi connectivity index (χ4n) is 0. The Morgan fingerprint density at radius 3 is 2.00 bits per heavy atom. The second kappa shape index (κ2) is 4.33. The quantitative estimate of drug-likeness (QED) is 0.244. The average molecular weight is 152 g/mol. The van der Waals surface area contributed by atoms with Gasteiger partial charge in [0.1, 0.15) is 7.60 Å². The molecule has 0 amide bonds. The van der Waals surface area contributed by atoms with Crippen LogP contribution in [-0.2, 0) is 4.57 Å². The summed E-state index contributed by atoms with van der Waals surface area (Å²) in [5, 5.41) is 0. The Morgan fingerprint density at radius 2 is 2.00 bits per heavy atom. The van der Waals surface area contributed by atoms with E-state index in [0.717, 1.165) is 0 Å². The predicted molar refractivity (Wildman–Crippen MR) is 20.5 cm³/mol. The molecule has 38 valence electrons. The summed E-state index contributed by atoms with van der Waals surface area (Å²) in [5.74, 6) is 0. The van der Waals surface area contributed by atoms with Crippen LogP contribution in [0.1, 0.15) is 0 Å². The van der Waals surface area contributed by atoms with Crippen molar-refractivity contribution in [1.29, 1.82) is 0 Å². The van der Waals surface area contributed by atoms with Crippen molar-refractivity contribution in [2.45, 2.75) is 0 Å². The molecule has 0 aromatic carbocycles. The molecule has 0 heterocycles. The van der Waals surface area contributed by atoms with Gasteiger partial charge in [-0.1, -0.05) is 0 Å². The number of hydrogen-bond acceptors (Lipinski definition) is 2. The van der Waals surface area contributed by atoms with Crippen LogP contribution in [0.2, 0.25) is 0 Å². The van der Waals surface area contributed by atoms with Crippen molar-refractivity contribution in [2.75, 3.05) is 5.62 Å². The van der Waals surface area contributed by atoms with Crippen LogP contribution in [0.25, 0.3) is 0 Å². The Bertz CT molecular complexity index is 79.0.